The van der Waals surface area contributed by atoms with Gasteiger partial charge < -0.3 is 19.6 Å². The Labute approximate surface area is 178 Å². The van der Waals surface area contributed by atoms with Gasteiger partial charge in [0.05, 0.1) is 11.6 Å². The first-order valence-corrected chi connectivity index (χ1v) is 10.2. The Morgan fingerprint density at radius 1 is 1.19 bits per heavy atom. The monoisotopic (exact) mass is 418 g/mol. The highest BCUT2D eigenvalue weighted by Crippen LogP contribution is 2.46. The van der Waals surface area contributed by atoms with Crippen LogP contribution in [0.4, 0.5) is 5.69 Å². The van der Waals surface area contributed by atoms with Gasteiger partial charge in [0.25, 0.3) is 5.91 Å². The van der Waals surface area contributed by atoms with Crippen molar-refractivity contribution in [3.8, 4) is 11.5 Å². The molecule has 5 rings (SSSR count). The number of H-pyrrole nitrogens is 1. The molecule has 0 saturated heterocycles. The number of carbonyl (C=O) groups is 2. The molecular weight excluding hydrogens is 396 g/mol. The second-order valence-electron chi connectivity index (χ2n) is 8.19. The molecule has 0 saturated carbocycles. The molecule has 0 aliphatic carbocycles. The van der Waals surface area contributed by atoms with Gasteiger partial charge in [-0.3, -0.25) is 14.5 Å². The maximum Gasteiger partial charge on any atom is 0.294 e. The lowest BCUT2D eigenvalue weighted by Crippen LogP contribution is -2.31. The molecule has 2 N–H and O–H groups in total. The molecule has 1 aromatic heterocycles. The van der Waals surface area contributed by atoms with E-state index in [4.69, 9.17) is 9.47 Å². The number of carbonyl (C=O) groups excluding carboxylic acids is 2. The molecule has 158 valence electrons. The number of hydrogen-bond acceptors (Lipinski definition) is 5. The van der Waals surface area contributed by atoms with Gasteiger partial charge in [0.15, 0.2) is 23.0 Å². The maximum absolute atomic E-state index is 13.2. The van der Waals surface area contributed by atoms with Crippen LogP contribution < -0.4 is 14.4 Å². The summed E-state index contributed by atoms with van der Waals surface area (Å²) in [5.74, 6) is -0.151. The normalized spacial score (nSPS) is 18.0. The SMILES string of the molecule is CC(C)CC(=O)C1=C(O)C(=O)N(c2ccc3c(c2)OCO3)C1c1c[nH]c2ccccc12. The summed E-state index contributed by atoms with van der Waals surface area (Å²) < 4.78 is 10.9. The van der Waals surface area contributed by atoms with E-state index in [1.165, 1.54) is 4.90 Å². The van der Waals surface area contributed by atoms with Gasteiger partial charge in [-0.15, -0.1) is 0 Å². The van der Waals surface area contributed by atoms with Crippen molar-refractivity contribution in [2.24, 2.45) is 5.92 Å². The average Bonchev–Trinajstić information content (AvgIpc) is 3.43. The van der Waals surface area contributed by atoms with E-state index < -0.39 is 17.7 Å². The Bertz CT molecular complexity index is 1240. The first-order valence-electron chi connectivity index (χ1n) is 10.2. The lowest BCUT2D eigenvalue weighted by atomic mass is 9.92. The summed E-state index contributed by atoms with van der Waals surface area (Å²) in [7, 11) is 0. The standard InChI is InChI=1S/C24H22N2O5/c1-13(2)9-18(27)21-22(16-11-25-17-6-4-3-5-15(16)17)26(24(29)23(21)28)14-7-8-19-20(10-14)31-12-30-19/h3-8,10-11,13,22,25,28H,9,12H2,1-2H3. The van der Waals surface area contributed by atoms with Gasteiger partial charge in [0, 0.05) is 40.8 Å². The molecule has 0 fully saturated rings. The summed E-state index contributed by atoms with van der Waals surface area (Å²) in [6, 6.07) is 12.1. The Morgan fingerprint density at radius 2 is 1.97 bits per heavy atom. The van der Waals surface area contributed by atoms with Crippen molar-refractivity contribution in [1.82, 2.24) is 4.98 Å². The zero-order valence-corrected chi connectivity index (χ0v) is 17.2. The molecule has 0 bridgehead atoms. The number of ketones is 1. The Balaban J connectivity index is 1.68. The zero-order chi connectivity index (χ0) is 21.7. The smallest absolute Gasteiger partial charge is 0.294 e. The summed E-state index contributed by atoms with van der Waals surface area (Å²) in [6.45, 7) is 3.98. The number of anilines is 1. The van der Waals surface area contributed by atoms with Gasteiger partial charge in [0.1, 0.15) is 0 Å². The van der Waals surface area contributed by atoms with Crippen LogP contribution >= 0.6 is 0 Å². The molecular formula is C24H22N2O5. The van der Waals surface area contributed by atoms with Crippen molar-refractivity contribution in [1.29, 1.82) is 0 Å². The number of hydrogen-bond donors (Lipinski definition) is 2. The van der Waals surface area contributed by atoms with E-state index in [1.54, 1.807) is 24.4 Å². The second kappa shape index (κ2) is 7.19. The number of benzene rings is 2. The van der Waals surface area contributed by atoms with E-state index >= 15 is 0 Å². The van der Waals surface area contributed by atoms with Crippen molar-refractivity contribution in [2.75, 3.05) is 11.7 Å². The zero-order valence-electron chi connectivity index (χ0n) is 17.2. The number of aliphatic hydroxyl groups excluding tert-OH is 1. The van der Waals surface area contributed by atoms with Crippen LogP contribution in [0.1, 0.15) is 31.9 Å². The first kappa shape index (κ1) is 19.2. The van der Waals surface area contributed by atoms with Gasteiger partial charge in [0.2, 0.25) is 6.79 Å². The van der Waals surface area contributed by atoms with Gasteiger partial charge in [-0.05, 0) is 24.1 Å². The lowest BCUT2D eigenvalue weighted by Gasteiger charge is -2.27. The van der Waals surface area contributed by atoms with Crippen molar-refractivity contribution in [2.45, 2.75) is 26.3 Å². The fourth-order valence-corrected chi connectivity index (χ4v) is 4.29. The van der Waals surface area contributed by atoms with E-state index in [0.717, 1.165) is 16.5 Å². The number of rotatable bonds is 5. The molecule has 7 nitrogen and oxygen atoms in total. The molecule has 0 spiro atoms. The van der Waals surface area contributed by atoms with Crippen LogP contribution in [0.15, 0.2) is 60.0 Å². The highest BCUT2D eigenvalue weighted by atomic mass is 16.7. The van der Waals surface area contributed by atoms with E-state index in [-0.39, 0.29) is 30.5 Å². The molecule has 1 atom stereocenters. The molecule has 1 amide bonds. The number of nitrogens with zero attached hydrogens (tertiary/aromatic N) is 1. The molecule has 2 aliphatic heterocycles. The molecule has 31 heavy (non-hydrogen) atoms. The lowest BCUT2D eigenvalue weighted by molar-refractivity contribution is -0.118. The largest absolute Gasteiger partial charge is 0.503 e. The Morgan fingerprint density at radius 3 is 2.77 bits per heavy atom. The van der Waals surface area contributed by atoms with Crippen LogP contribution in [-0.2, 0) is 9.59 Å². The molecule has 3 heterocycles. The average molecular weight is 418 g/mol. The summed E-state index contributed by atoms with van der Waals surface area (Å²) >= 11 is 0. The summed E-state index contributed by atoms with van der Waals surface area (Å²) in [5.41, 5.74) is 2.28. The fourth-order valence-electron chi connectivity index (χ4n) is 4.29. The predicted molar refractivity (Wildman–Crippen MR) is 115 cm³/mol. The van der Waals surface area contributed by atoms with E-state index in [1.807, 2.05) is 38.1 Å². The number of Topliss-reactive ketones (excluding diaryl/α,β-unsaturated/α-hetero) is 1. The fraction of sp³-hybridized carbons (Fsp3) is 0.250. The summed E-state index contributed by atoms with van der Waals surface area (Å²) in [4.78, 5) is 31.1. The third-order valence-electron chi connectivity index (χ3n) is 5.65. The molecule has 3 aromatic rings. The molecule has 2 aromatic carbocycles. The quantitative estimate of drug-likeness (QED) is 0.640. The number of fused-ring (bicyclic) bond motifs is 2. The summed E-state index contributed by atoms with van der Waals surface area (Å²) in [5, 5.41) is 11.7. The number of amides is 1. The number of ether oxygens (including phenoxy) is 2. The van der Waals surface area contributed by atoms with Crippen LogP contribution in [0, 0.1) is 5.92 Å². The van der Waals surface area contributed by atoms with Crippen LogP contribution in [0.3, 0.4) is 0 Å². The first-order chi connectivity index (χ1) is 15.0. The molecule has 0 radical (unpaired) electrons. The number of para-hydroxylation sites is 1. The van der Waals surface area contributed by atoms with Gasteiger partial charge >= 0.3 is 0 Å². The predicted octanol–water partition coefficient (Wildman–Crippen LogP) is 4.41. The van der Waals surface area contributed by atoms with Crippen LogP contribution in [0.2, 0.25) is 0 Å². The van der Waals surface area contributed by atoms with E-state index in [2.05, 4.69) is 4.98 Å². The van der Waals surface area contributed by atoms with Crippen molar-refractivity contribution in [3.05, 3.63) is 65.6 Å². The van der Waals surface area contributed by atoms with Crippen LogP contribution in [0.25, 0.3) is 10.9 Å². The third kappa shape index (κ3) is 3.04. The molecule has 1 unspecified atom stereocenters. The minimum absolute atomic E-state index is 0.0890. The minimum atomic E-state index is -0.754. The number of aromatic amines is 1. The molecule has 7 heteroatoms. The number of aromatic nitrogens is 1. The summed E-state index contributed by atoms with van der Waals surface area (Å²) in [6.07, 6.45) is 2.03. The van der Waals surface area contributed by atoms with Crippen molar-refractivity contribution >= 4 is 28.3 Å². The topological polar surface area (TPSA) is 91.9 Å². The van der Waals surface area contributed by atoms with Gasteiger partial charge in [-0.1, -0.05) is 32.0 Å². The Hall–Kier alpha value is -3.74. The minimum Gasteiger partial charge on any atom is -0.503 e. The van der Waals surface area contributed by atoms with Crippen molar-refractivity contribution < 1.29 is 24.2 Å². The second-order valence-corrected chi connectivity index (χ2v) is 8.19. The third-order valence-corrected chi connectivity index (χ3v) is 5.65. The highest BCUT2D eigenvalue weighted by Gasteiger charge is 2.45. The number of aliphatic hydroxyl groups is 1. The van der Waals surface area contributed by atoms with E-state index in [0.29, 0.717) is 17.2 Å². The van der Waals surface area contributed by atoms with Gasteiger partial charge in [-0.2, -0.15) is 0 Å². The van der Waals surface area contributed by atoms with Crippen LogP contribution in [-0.4, -0.2) is 28.6 Å². The Kier molecular flexibility index (Phi) is 4.46. The maximum atomic E-state index is 13.2. The van der Waals surface area contributed by atoms with E-state index in [9.17, 15) is 14.7 Å². The van der Waals surface area contributed by atoms with Crippen molar-refractivity contribution in [3.63, 3.8) is 0 Å². The highest BCUT2D eigenvalue weighted by molar-refractivity contribution is 6.17. The number of nitrogens with one attached hydrogen (secondary N) is 1. The molecule has 2 aliphatic rings. The van der Waals surface area contributed by atoms with Crippen LogP contribution in [0.5, 0.6) is 11.5 Å². The van der Waals surface area contributed by atoms with Gasteiger partial charge in [-0.25, -0.2) is 0 Å².